The Kier molecular flexibility index (Phi) is 3.93. The molecule has 0 aliphatic heterocycles. The van der Waals surface area contributed by atoms with E-state index in [0.717, 1.165) is 0 Å². The van der Waals surface area contributed by atoms with Crippen molar-refractivity contribution in [3.63, 3.8) is 0 Å². The van der Waals surface area contributed by atoms with E-state index in [1.165, 1.54) is 6.07 Å². The number of nitrogens with zero attached hydrogens (tertiary/aromatic N) is 2. The molecule has 88 valence electrons. The van der Waals surface area contributed by atoms with Gasteiger partial charge in [0.15, 0.2) is 10.3 Å². The summed E-state index contributed by atoms with van der Waals surface area (Å²) in [6.07, 6.45) is 0. The summed E-state index contributed by atoms with van der Waals surface area (Å²) in [5.41, 5.74) is 5.08. The second kappa shape index (κ2) is 4.84. The van der Waals surface area contributed by atoms with Gasteiger partial charge < -0.3 is 11.1 Å². The molecule has 0 unspecified atom stereocenters. The van der Waals surface area contributed by atoms with Crippen LogP contribution in [0.1, 0.15) is 13.8 Å². The first-order valence-corrected chi connectivity index (χ1v) is 5.31. The molecule has 0 aliphatic carbocycles. The molecule has 0 radical (unpaired) electrons. The van der Waals surface area contributed by atoms with Crippen molar-refractivity contribution in [1.82, 2.24) is 10.2 Å². The van der Waals surface area contributed by atoms with Gasteiger partial charge in [-0.15, -0.1) is 10.2 Å². The highest BCUT2D eigenvalue weighted by Crippen LogP contribution is 2.23. The molecule has 5 nitrogen and oxygen atoms in total. The second-order valence-electron chi connectivity index (χ2n) is 3.97. The Bertz CT molecular complexity index is 408. The van der Waals surface area contributed by atoms with Crippen LogP contribution in [-0.2, 0) is 4.79 Å². The number of anilines is 1. The Hall–Kier alpha value is -1.07. The van der Waals surface area contributed by atoms with E-state index >= 15 is 0 Å². The monoisotopic (exact) mass is 262 g/mol. The second-order valence-corrected chi connectivity index (χ2v) is 4.72. The molecule has 7 heteroatoms. The van der Waals surface area contributed by atoms with E-state index in [2.05, 4.69) is 15.5 Å². The van der Waals surface area contributed by atoms with Crippen LogP contribution in [-0.4, -0.2) is 22.6 Å². The third-order valence-electron chi connectivity index (χ3n) is 2.11. The van der Waals surface area contributed by atoms with Gasteiger partial charge >= 0.3 is 0 Å². The Morgan fingerprint density at radius 2 is 2.12 bits per heavy atom. The molecule has 3 N–H and O–H groups in total. The predicted octanol–water partition coefficient (Wildman–Crippen LogP) is 1.71. The minimum absolute atomic E-state index is 0.199. The summed E-state index contributed by atoms with van der Waals surface area (Å²) in [6, 6.07) is 1.54. The van der Waals surface area contributed by atoms with Crippen LogP contribution >= 0.6 is 23.2 Å². The van der Waals surface area contributed by atoms with Crippen molar-refractivity contribution in [2.45, 2.75) is 13.8 Å². The lowest BCUT2D eigenvalue weighted by atomic mass is 9.93. The molecule has 0 spiro atoms. The predicted molar refractivity (Wildman–Crippen MR) is 63.5 cm³/mol. The van der Waals surface area contributed by atoms with Gasteiger partial charge in [-0.1, -0.05) is 23.2 Å². The molecular formula is C9H12Cl2N4O. The Balaban J connectivity index is 2.75. The molecule has 1 aromatic heterocycles. The lowest BCUT2D eigenvalue weighted by Gasteiger charge is -2.21. The number of primary amides is 1. The Morgan fingerprint density at radius 1 is 1.50 bits per heavy atom. The van der Waals surface area contributed by atoms with E-state index < -0.39 is 11.3 Å². The number of rotatable bonds is 4. The van der Waals surface area contributed by atoms with Crippen LogP contribution in [0.25, 0.3) is 0 Å². The number of hydrogen-bond acceptors (Lipinski definition) is 4. The number of nitrogens with one attached hydrogen (secondary N) is 1. The molecule has 1 heterocycles. The maximum atomic E-state index is 11.1. The summed E-state index contributed by atoms with van der Waals surface area (Å²) in [6.45, 7) is 3.79. The molecular weight excluding hydrogens is 251 g/mol. The summed E-state index contributed by atoms with van der Waals surface area (Å²) >= 11 is 11.5. The van der Waals surface area contributed by atoms with Gasteiger partial charge in [-0.3, -0.25) is 4.79 Å². The van der Waals surface area contributed by atoms with E-state index in [1.54, 1.807) is 13.8 Å². The molecule has 0 fully saturated rings. The van der Waals surface area contributed by atoms with Crippen molar-refractivity contribution in [1.29, 1.82) is 0 Å². The van der Waals surface area contributed by atoms with Gasteiger partial charge in [0.05, 0.1) is 11.1 Å². The van der Waals surface area contributed by atoms with Crippen LogP contribution in [0.2, 0.25) is 10.3 Å². The van der Waals surface area contributed by atoms with Gasteiger partial charge in [-0.25, -0.2) is 0 Å². The molecule has 16 heavy (non-hydrogen) atoms. The number of amides is 1. The van der Waals surface area contributed by atoms with Crippen molar-refractivity contribution in [3.05, 3.63) is 16.4 Å². The minimum Gasteiger partial charge on any atom is -0.381 e. The van der Waals surface area contributed by atoms with Crippen LogP contribution in [0, 0.1) is 5.41 Å². The normalized spacial score (nSPS) is 11.2. The van der Waals surface area contributed by atoms with Gasteiger partial charge in [-0.05, 0) is 13.8 Å². The van der Waals surface area contributed by atoms with Crippen molar-refractivity contribution in [2.24, 2.45) is 11.1 Å². The molecule has 1 rings (SSSR count). The highest BCUT2D eigenvalue weighted by Gasteiger charge is 2.24. The quantitative estimate of drug-likeness (QED) is 0.866. The largest absolute Gasteiger partial charge is 0.381 e. The highest BCUT2D eigenvalue weighted by atomic mass is 35.5. The molecule has 0 saturated carbocycles. The topological polar surface area (TPSA) is 80.9 Å². The van der Waals surface area contributed by atoms with Gasteiger partial charge in [0.25, 0.3) is 0 Å². The average molecular weight is 263 g/mol. The van der Waals surface area contributed by atoms with Crippen molar-refractivity contribution in [3.8, 4) is 0 Å². The minimum atomic E-state index is -0.681. The first-order chi connectivity index (χ1) is 7.33. The smallest absolute Gasteiger partial charge is 0.224 e. The average Bonchev–Trinajstić information content (AvgIpc) is 2.19. The van der Waals surface area contributed by atoms with Crippen LogP contribution in [0.4, 0.5) is 5.69 Å². The van der Waals surface area contributed by atoms with Crippen molar-refractivity contribution >= 4 is 34.8 Å². The van der Waals surface area contributed by atoms with Crippen molar-refractivity contribution < 1.29 is 4.79 Å². The van der Waals surface area contributed by atoms with Gasteiger partial charge in [0.1, 0.15) is 0 Å². The summed E-state index contributed by atoms with van der Waals surface area (Å²) in [4.78, 5) is 11.1. The van der Waals surface area contributed by atoms with Crippen LogP contribution in [0.5, 0.6) is 0 Å². The van der Waals surface area contributed by atoms with Gasteiger partial charge in [0, 0.05) is 12.6 Å². The lowest BCUT2D eigenvalue weighted by Crippen LogP contribution is -2.37. The first-order valence-electron chi connectivity index (χ1n) is 4.55. The molecule has 1 amide bonds. The first kappa shape index (κ1) is 13.0. The summed E-state index contributed by atoms with van der Waals surface area (Å²) in [5.74, 6) is -0.399. The van der Waals surface area contributed by atoms with Crippen LogP contribution in [0.3, 0.4) is 0 Å². The number of aromatic nitrogens is 2. The van der Waals surface area contributed by atoms with Crippen LogP contribution in [0.15, 0.2) is 6.07 Å². The molecule has 0 aliphatic rings. The summed E-state index contributed by atoms with van der Waals surface area (Å²) < 4.78 is 0. The van der Waals surface area contributed by atoms with Gasteiger partial charge in [0.2, 0.25) is 5.91 Å². The molecule has 1 aromatic rings. The fraction of sp³-hybridized carbons (Fsp3) is 0.444. The number of carbonyl (C=O) groups is 1. The Morgan fingerprint density at radius 3 is 2.69 bits per heavy atom. The fourth-order valence-corrected chi connectivity index (χ4v) is 1.19. The third kappa shape index (κ3) is 3.21. The van der Waals surface area contributed by atoms with E-state index in [-0.39, 0.29) is 10.3 Å². The summed E-state index contributed by atoms with van der Waals surface area (Å²) in [7, 11) is 0. The maximum Gasteiger partial charge on any atom is 0.224 e. The van der Waals surface area contributed by atoms with E-state index in [4.69, 9.17) is 28.9 Å². The number of halogens is 2. The Labute approximate surface area is 103 Å². The molecule has 0 saturated heterocycles. The number of hydrogen-bond donors (Lipinski definition) is 2. The van der Waals surface area contributed by atoms with Crippen LogP contribution < -0.4 is 11.1 Å². The molecule has 0 atom stereocenters. The number of carbonyl (C=O) groups excluding carboxylic acids is 1. The zero-order valence-electron chi connectivity index (χ0n) is 8.92. The molecule has 0 bridgehead atoms. The standard InChI is InChI=1S/C9H12Cl2N4O/c1-9(2,8(12)16)4-13-5-3-6(10)14-15-7(5)11/h3H,4H2,1-2H3,(H2,12,16)(H,13,14). The van der Waals surface area contributed by atoms with Crippen molar-refractivity contribution in [2.75, 3.05) is 11.9 Å². The van der Waals surface area contributed by atoms with E-state index in [0.29, 0.717) is 12.2 Å². The highest BCUT2D eigenvalue weighted by molar-refractivity contribution is 6.33. The van der Waals surface area contributed by atoms with E-state index in [1.807, 2.05) is 0 Å². The fourth-order valence-electron chi connectivity index (χ4n) is 0.880. The third-order valence-corrected chi connectivity index (χ3v) is 2.57. The zero-order valence-corrected chi connectivity index (χ0v) is 10.4. The zero-order chi connectivity index (χ0) is 12.3. The maximum absolute atomic E-state index is 11.1. The summed E-state index contributed by atoms with van der Waals surface area (Å²) in [5, 5.41) is 10.6. The van der Waals surface area contributed by atoms with Gasteiger partial charge in [-0.2, -0.15) is 0 Å². The van der Waals surface area contributed by atoms with E-state index in [9.17, 15) is 4.79 Å². The lowest BCUT2D eigenvalue weighted by molar-refractivity contribution is -0.125. The SMILES string of the molecule is CC(C)(CNc1cc(Cl)nnc1Cl)C(N)=O. The number of nitrogens with two attached hydrogens (primary N) is 1. The molecule has 0 aromatic carbocycles.